The summed E-state index contributed by atoms with van der Waals surface area (Å²) in [6.07, 6.45) is 3.13. The molecule has 2 aromatic carbocycles. The molecule has 0 fully saturated rings. The van der Waals surface area contributed by atoms with Gasteiger partial charge in [-0.25, -0.2) is 10.1 Å². The first-order valence-corrected chi connectivity index (χ1v) is 9.11. The van der Waals surface area contributed by atoms with E-state index >= 15 is 0 Å². The first kappa shape index (κ1) is 16.7. The minimum absolute atomic E-state index is 0.637. The fourth-order valence-corrected chi connectivity index (χ4v) is 3.39. The van der Waals surface area contributed by atoms with Crippen molar-refractivity contribution in [1.82, 2.24) is 30.2 Å². The van der Waals surface area contributed by atoms with E-state index < -0.39 is 0 Å². The van der Waals surface area contributed by atoms with Gasteiger partial charge in [-0.1, -0.05) is 49.2 Å². The Morgan fingerprint density at radius 1 is 1.12 bits per heavy atom. The number of rotatable bonds is 6. The van der Waals surface area contributed by atoms with E-state index in [4.69, 9.17) is 16.6 Å². The van der Waals surface area contributed by atoms with E-state index in [9.17, 15) is 0 Å². The van der Waals surface area contributed by atoms with Crippen LogP contribution in [0.2, 0.25) is 5.02 Å². The van der Waals surface area contributed by atoms with Gasteiger partial charge in [0.05, 0.1) is 17.6 Å². The van der Waals surface area contributed by atoms with E-state index in [0.717, 1.165) is 52.3 Å². The fourth-order valence-electron chi connectivity index (χ4n) is 3.19. The van der Waals surface area contributed by atoms with Crippen molar-refractivity contribution in [2.75, 3.05) is 0 Å². The van der Waals surface area contributed by atoms with E-state index in [1.165, 1.54) is 0 Å². The summed E-state index contributed by atoms with van der Waals surface area (Å²) in [5.74, 6) is 1.69. The molecule has 2 aromatic heterocycles. The van der Waals surface area contributed by atoms with Crippen LogP contribution in [0.25, 0.3) is 22.4 Å². The lowest BCUT2D eigenvalue weighted by molar-refractivity contribution is 0.690. The van der Waals surface area contributed by atoms with Crippen molar-refractivity contribution in [3.63, 3.8) is 0 Å². The molecule has 0 bridgehead atoms. The van der Waals surface area contributed by atoms with Crippen molar-refractivity contribution in [2.24, 2.45) is 0 Å². The van der Waals surface area contributed by atoms with Crippen LogP contribution >= 0.6 is 11.6 Å². The number of nitrogens with one attached hydrogen (secondary N) is 1. The van der Waals surface area contributed by atoms with Crippen LogP contribution in [0.1, 0.15) is 31.2 Å². The van der Waals surface area contributed by atoms with E-state index in [1.54, 1.807) is 0 Å². The average Bonchev–Trinajstić information content (AvgIpc) is 3.30. The first-order valence-electron chi connectivity index (χ1n) is 8.73. The van der Waals surface area contributed by atoms with Crippen LogP contribution in [0, 0.1) is 0 Å². The van der Waals surface area contributed by atoms with Gasteiger partial charge in [0.15, 0.2) is 5.82 Å². The number of aryl methyl sites for hydroxylation is 1. The van der Waals surface area contributed by atoms with Gasteiger partial charge in [0.2, 0.25) is 0 Å². The van der Waals surface area contributed by atoms with Crippen molar-refractivity contribution >= 4 is 22.6 Å². The third-order valence-corrected chi connectivity index (χ3v) is 4.86. The SMILES string of the molecule is CCCCc1nc2cccc(-c3nnn[nH]3)c2n1Cc1ccccc1Cl. The molecule has 7 heteroatoms. The van der Waals surface area contributed by atoms with E-state index in [2.05, 4.69) is 38.2 Å². The summed E-state index contributed by atoms with van der Waals surface area (Å²) >= 11 is 6.42. The molecule has 132 valence electrons. The summed E-state index contributed by atoms with van der Waals surface area (Å²) in [5.41, 5.74) is 3.97. The fraction of sp³-hybridized carbons (Fsp3) is 0.263. The molecule has 4 rings (SSSR count). The van der Waals surface area contributed by atoms with Crippen LogP contribution < -0.4 is 0 Å². The number of para-hydroxylation sites is 1. The lowest BCUT2D eigenvalue weighted by atomic mass is 10.1. The number of nitrogens with zero attached hydrogens (tertiary/aromatic N) is 5. The number of hydrogen-bond donors (Lipinski definition) is 1. The minimum Gasteiger partial charge on any atom is -0.323 e. The summed E-state index contributed by atoms with van der Waals surface area (Å²) in [4.78, 5) is 4.88. The Balaban J connectivity index is 1.90. The Morgan fingerprint density at radius 3 is 2.77 bits per heavy atom. The highest BCUT2D eigenvalue weighted by molar-refractivity contribution is 6.31. The molecule has 0 aliphatic carbocycles. The van der Waals surface area contributed by atoms with Gasteiger partial charge in [-0.15, -0.1) is 5.10 Å². The number of aromatic amines is 1. The van der Waals surface area contributed by atoms with Crippen LogP contribution in [0.5, 0.6) is 0 Å². The zero-order valence-corrected chi connectivity index (χ0v) is 15.2. The van der Waals surface area contributed by atoms with Crippen molar-refractivity contribution in [2.45, 2.75) is 32.7 Å². The molecule has 4 aromatic rings. The molecule has 0 amide bonds. The monoisotopic (exact) mass is 366 g/mol. The van der Waals surface area contributed by atoms with Crippen LogP contribution in [-0.2, 0) is 13.0 Å². The largest absolute Gasteiger partial charge is 0.323 e. The van der Waals surface area contributed by atoms with Gasteiger partial charge < -0.3 is 4.57 Å². The first-order chi connectivity index (χ1) is 12.8. The molecule has 1 N–H and O–H groups in total. The van der Waals surface area contributed by atoms with Crippen LogP contribution in [0.3, 0.4) is 0 Å². The van der Waals surface area contributed by atoms with Gasteiger partial charge in [0, 0.05) is 17.0 Å². The smallest absolute Gasteiger partial charge is 0.181 e. The summed E-state index contributed by atoms with van der Waals surface area (Å²) in [6, 6.07) is 13.9. The highest BCUT2D eigenvalue weighted by Crippen LogP contribution is 2.29. The van der Waals surface area contributed by atoms with Gasteiger partial charge in [0.25, 0.3) is 0 Å². The molecule has 0 unspecified atom stereocenters. The molecule has 2 heterocycles. The van der Waals surface area contributed by atoms with Crippen LogP contribution in [-0.4, -0.2) is 30.2 Å². The van der Waals surface area contributed by atoms with E-state index in [0.29, 0.717) is 12.4 Å². The number of hydrogen-bond acceptors (Lipinski definition) is 4. The Bertz CT molecular complexity index is 1020. The van der Waals surface area contributed by atoms with Crippen molar-refractivity contribution in [1.29, 1.82) is 0 Å². The summed E-state index contributed by atoms with van der Waals surface area (Å²) in [5, 5.41) is 15.1. The molecule has 0 aliphatic rings. The molecule has 0 saturated heterocycles. The number of aromatic nitrogens is 6. The number of fused-ring (bicyclic) bond motifs is 1. The standard InChI is InChI=1S/C19H19ClN6/c1-2-3-11-17-21-16-10-6-8-14(19-22-24-25-23-19)18(16)26(17)12-13-7-4-5-9-15(13)20/h4-10H,2-3,11-12H2,1H3,(H,22,23,24,25). The van der Waals surface area contributed by atoms with Gasteiger partial charge >= 0.3 is 0 Å². The summed E-state index contributed by atoms with van der Waals surface area (Å²) < 4.78 is 2.24. The maximum Gasteiger partial charge on any atom is 0.181 e. The number of tetrazole rings is 1. The summed E-state index contributed by atoms with van der Waals surface area (Å²) in [7, 11) is 0. The Labute approximate surface area is 156 Å². The number of imidazole rings is 1. The number of unbranched alkanes of at least 4 members (excludes halogenated alkanes) is 1. The molecule has 26 heavy (non-hydrogen) atoms. The maximum atomic E-state index is 6.42. The van der Waals surface area contributed by atoms with Crippen LogP contribution in [0.15, 0.2) is 42.5 Å². The predicted octanol–water partition coefficient (Wildman–Crippen LogP) is 4.26. The van der Waals surface area contributed by atoms with Gasteiger partial charge in [-0.05, 0) is 40.6 Å². The highest BCUT2D eigenvalue weighted by atomic mass is 35.5. The Morgan fingerprint density at radius 2 is 2.00 bits per heavy atom. The third-order valence-electron chi connectivity index (χ3n) is 4.49. The Hall–Kier alpha value is -2.73. The topological polar surface area (TPSA) is 72.3 Å². The molecule has 0 aliphatic heterocycles. The van der Waals surface area contributed by atoms with E-state index in [1.807, 2.05) is 36.4 Å². The second-order valence-corrected chi connectivity index (χ2v) is 6.64. The van der Waals surface area contributed by atoms with E-state index in [-0.39, 0.29) is 0 Å². The van der Waals surface area contributed by atoms with Gasteiger partial charge in [-0.3, -0.25) is 0 Å². The molecule has 0 saturated carbocycles. The van der Waals surface area contributed by atoms with Crippen molar-refractivity contribution in [3.8, 4) is 11.4 Å². The lowest BCUT2D eigenvalue weighted by Gasteiger charge is -2.12. The second-order valence-electron chi connectivity index (χ2n) is 6.23. The summed E-state index contributed by atoms with van der Waals surface area (Å²) in [6.45, 7) is 2.85. The van der Waals surface area contributed by atoms with Gasteiger partial charge in [-0.2, -0.15) is 0 Å². The quantitative estimate of drug-likeness (QED) is 0.553. The molecule has 0 radical (unpaired) electrons. The normalized spacial score (nSPS) is 11.3. The number of halogens is 1. The highest BCUT2D eigenvalue weighted by Gasteiger charge is 2.17. The van der Waals surface area contributed by atoms with Gasteiger partial charge in [0.1, 0.15) is 5.82 Å². The molecular weight excluding hydrogens is 348 g/mol. The lowest BCUT2D eigenvalue weighted by Crippen LogP contribution is -2.06. The third kappa shape index (κ3) is 3.08. The maximum absolute atomic E-state index is 6.42. The number of H-pyrrole nitrogens is 1. The van der Waals surface area contributed by atoms with Crippen molar-refractivity contribution in [3.05, 3.63) is 58.9 Å². The zero-order valence-electron chi connectivity index (χ0n) is 14.5. The number of benzene rings is 2. The van der Waals surface area contributed by atoms with Crippen molar-refractivity contribution < 1.29 is 0 Å². The second kappa shape index (κ2) is 7.25. The zero-order chi connectivity index (χ0) is 17.9. The minimum atomic E-state index is 0.637. The molecule has 0 atom stereocenters. The van der Waals surface area contributed by atoms with Crippen LogP contribution in [0.4, 0.5) is 0 Å². The Kier molecular flexibility index (Phi) is 4.67. The molecular formula is C19H19ClN6. The predicted molar refractivity (Wildman–Crippen MR) is 102 cm³/mol. The average molecular weight is 367 g/mol. The molecule has 6 nitrogen and oxygen atoms in total. The molecule has 0 spiro atoms.